The summed E-state index contributed by atoms with van der Waals surface area (Å²) in [6, 6.07) is 4.37. The molecule has 7 nitrogen and oxygen atoms in total. The molecule has 3 heterocycles. The van der Waals surface area contributed by atoms with Gasteiger partial charge >= 0.3 is 0 Å². The molecule has 1 aromatic rings. The van der Waals surface area contributed by atoms with Crippen molar-refractivity contribution in [1.82, 2.24) is 19.6 Å². The van der Waals surface area contributed by atoms with Gasteiger partial charge in [0.25, 0.3) is 5.91 Å². The minimum Gasteiger partial charge on any atom is -0.342 e. The summed E-state index contributed by atoms with van der Waals surface area (Å²) in [6.45, 7) is 5.23. The Hall–Kier alpha value is -1.83. The molecule has 0 spiro atoms. The highest BCUT2D eigenvalue weighted by molar-refractivity contribution is 6.42. The van der Waals surface area contributed by atoms with Crippen LogP contribution in [0.3, 0.4) is 0 Å². The van der Waals surface area contributed by atoms with E-state index in [0.717, 1.165) is 32.4 Å². The summed E-state index contributed by atoms with van der Waals surface area (Å²) in [5.41, 5.74) is 0.445. The average Bonchev–Trinajstić information content (AvgIpc) is 3.14. The predicted molar refractivity (Wildman–Crippen MR) is 129 cm³/mol. The summed E-state index contributed by atoms with van der Waals surface area (Å²) >= 11 is 12.1. The third-order valence-electron chi connectivity index (χ3n) is 6.97. The Morgan fingerprint density at radius 2 is 1.48 bits per heavy atom. The van der Waals surface area contributed by atoms with Gasteiger partial charge in [-0.3, -0.25) is 19.3 Å². The van der Waals surface area contributed by atoms with Gasteiger partial charge in [-0.2, -0.15) is 0 Å². The fourth-order valence-corrected chi connectivity index (χ4v) is 5.31. The van der Waals surface area contributed by atoms with Crippen LogP contribution in [0, 0.1) is 0 Å². The molecule has 9 heteroatoms. The molecule has 4 rings (SSSR count). The molecule has 0 aliphatic carbocycles. The minimum absolute atomic E-state index is 0.000551. The number of benzene rings is 1. The summed E-state index contributed by atoms with van der Waals surface area (Å²) in [6.07, 6.45) is 6.06. The molecule has 3 amide bonds. The van der Waals surface area contributed by atoms with E-state index in [0.29, 0.717) is 61.3 Å². The van der Waals surface area contributed by atoms with Crippen LogP contribution in [-0.2, 0) is 9.59 Å². The number of rotatable bonds is 4. The number of piperazine rings is 1. The van der Waals surface area contributed by atoms with E-state index in [-0.39, 0.29) is 17.7 Å². The Labute approximate surface area is 205 Å². The van der Waals surface area contributed by atoms with Gasteiger partial charge in [-0.1, -0.05) is 36.0 Å². The number of carbonyl (C=O) groups is 3. The Bertz CT molecular complexity index is 880. The van der Waals surface area contributed by atoms with Gasteiger partial charge in [0.1, 0.15) is 6.04 Å². The van der Waals surface area contributed by atoms with Crippen molar-refractivity contribution in [2.45, 2.75) is 44.6 Å². The van der Waals surface area contributed by atoms with E-state index in [9.17, 15) is 14.4 Å². The molecular formula is C24H32Cl2N4O3. The van der Waals surface area contributed by atoms with Crippen molar-refractivity contribution in [1.29, 1.82) is 0 Å². The quantitative estimate of drug-likeness (QED) is 0.644. The fourth-order valence-electron chi connectivity index (χ4n) is 5.01. The van der Waals surface area contributed by atoms with Gasteiger partial charge in [0, 0.05) is 51.4 Å². The molecule has 0 aromatic heterocycles. The molecule has 1 unspecified atom stereocenters. The van der Waals surface area contributed by atoms with Crippen LogP contribution in [0.1, 0.15) is 48.9 Å². The first kappa shape index (κ1) is 24.3. The van der Waals surface area contributed by atoms with Gasteiger partial charge in [-0.15, -0.1) is 0 Å². The zero-order valence-electron chi connectivity index (χ0n) is 19.0. The molecule has 0 N–H and O–H groups in total. The zero-order valence-corrected chi connectivity index (χ0v) is 20.5. The van der Waals surface area contributed by atoms with Crippen molar-refractivity contribution in [3.8, 4) is 0 Å². The number of halogens is 2. The van der Waals surface area contributed by atoms with E-state index in [1.165, 1.54) is 12.8 Å². The van der Waals surface area contributed by atoms with Crippen LogP contribution in [-0.4, -0.2) is 95.7 Å². The highest BCUT2D eigenvalue weighted by Crippen LogP contribution is 2.27. The number of hydrogen-bond acceptors (Lipinski definition) is 4. The monoisotopic (exact) mass is 494 g/mol. The van der Waals surface area contributed by atoms with E-state index in [1.807, 2.05) is 9.80 Å². The van der Waals surface area contributed by atoms with E-state index < -0.39 is 6.04 Å². The van der Waals surface area contributed by atoms with Gasteiger partial charge in [0.05, 0.1) is 16.6 Å². The maximum absolute atomic E-state index is 13.3. The van der Waals surface area contributed by atoms with Crippen molar-refractivity contribution in [3.63, 3.8) is 0 Å². The maximum Gasteiger partial charge on any atom is 0.254 e. The topological polar surface area (TPSA) is 64.2 Å². The molecule has 0 saturated carbocycles. The number of nitrogens with zero attached hydrogens (tertiary/aromatic N) is 4. The first-order valence-corrected chi connectivity index (χ1v) is 12.7. The Kier molecular flexibility index (Phi) is 8.15. The summed E-state index contributed by atoms with van der Waals surface area (Å²) in [5, 5.41) is 0.727. The van der Waals surface area contributed by atoms with Gasteiger partial charge < -0.3 is 14.7 Å². The molecule has 3 aliphatic heterocycles. The Morgan fingerprint density at radius 1 is 0.788 bits per heavy atom. The molecule has 1 aromatic carbocycles. The Balaban J connectivity index is 1.30. The van der Waals surface area contributed by atoms with E-state index >= 15 is 0 Å². The second kappa shape index (κ2) is 11.1. The minimum atomic E-state index is -0.447. The number of carbonyl (C=O) groups excluding carboxylic acids is 3. The lowest BCUT2D eigenvalue weighted by Gasteiger charge is -2.37. The van der Waals surface area contributed by atoms with Crippen LogP contribution in [0.15, 0.2) is 18.2 Å². The highest BCUT2D eigenvalue weighted by atomic mass is 35.5. The summed E-state index contributed by atoms with van der Waals surface area (Å²) in [5.74, 6) is 0.0105. The largest absolute Gasteiger partial charge is 0.342 e. The molecule has 3 saturated heterocycles. The van der Waals surface area contributed by atoms with E-state index in [1.54, 1.807) is 23.1 Å². The SMILES string of the molecule is O=C(CN1CCN(C(=O)C2CCCN2C(=O)c2ccc(Cl)c(Cl)c2)CC1)N1CCCCCC1. The third-order valence-corrected chi connectivity index (χ3v) is 7.71. The number of amides is 3. The maximum atomic E-state index is 13.3. The molecule has 3 fully saturated rings. The second-order valence-electron chi connectivity index (χ2n) is 9.18. The summed E-state index contributed by atoms with van der Waals surface area (Å²) < 4.78 is 0. The van der Waals surface area contributed by atoms with Gasteiger partial charge in [0.15, 0.2) is 0 Å². The van der Waals surface area contributed by atoms with Crippen molar-refractivity contribution in [2.75, 3.05) is 52.4 Å². The van der Waals surface area contributed by atoms with Crippen molar-refractivity contribution >= 4 is 40.9 Å². The lowest BCUT2D eigenvalue weighted by molar-refractivity contribution is -0.138. The predicted octanol–water partition coefficient (Wildman–Crippen LogP) is 3.14. The molecule has 33 heavy (non-hydrogen) atoms. The first-order chi connectivity index (χ1) is 15.9. The summed E-state index contributed by atoms with van der Waals surface area (Å²) in [7, 11) is 0. The van der Waals surface area contributed by atoms with Crippen LogP contribution < -0.4 is 0 Å². The van der Waals surface area contributed by atoms with Crippen LogP contribution in [0.4, 0.5) is 0 Å². The van der Waals surface area contributed by atoms with Crippen LogP contribution in [0.25, 0.3) is 0 Å². The molecule has 0 radical (unpaired) electrons. The third kappa shape index (κ3) is 5.81. The second-order valence-corrected chi connectivity index (χ2v) is 10.00. The van der Waals surface area contributed by atoms with Gasteiger partial charge in [-0.05, 0) is 43.9 Å². The molecule has 1 atom stereocenters. The lowest BCUT2D eigenvalue weighted by Crippen LogP contribution is -2.55. The molecule has 0 bridgehead atoms. The standard InChI is InChI=1S/C24H32Cl2N4O3/c25-19-8-7-18(16-20(19)26)23(32)30-11-5-6-21(30)24(33)29-14-12-27(13-15-29)17-22(31)28-9-3-1-2-4-10-28/h7-8,16,21H,1-6,9-15,17H2. The van der Waals surface area contributed by atoms with Crippen LogP contribution in [0.5, 0.6) is 0 Å². The number of likely N-dealkylation sites (tertiary alicyclic amines) is 2. The van der Waals surface area contributed by atoms with Crippen LogP contribution >= 0.6 is 23.2 Å². The molecule has 3 aliphatic rings. The van der Waals surface area contributed by atoms with E-state index in [4.69, 9.17) is 23.2 Å². The molecule has 180 valence electrons. The number of hydrogen-bond donors (Lipinski definition) is 0. The molecular weight excluding hydrogens is 463 g/mol. The van der Waals surface area contributed by atoms with Gasteiger partial charge in [0.2, 0.25) is 11.8 Å². The van der Waals surface area contributed by atoms with Crippen molar-refractivity contribution in [2.24, 2.45) is 0 Å². The van der Waals surface area contributed by atoms with Crippen molar-refractivity contribution in [3.05, 3.63) is 33.8 Å². The van der Waals surface area contributed by atoms with Crippen LogP contribution in [0.2, 0.25) is 10.0 Å². The van der Waals surface area contributed by atoms with Crippen molar-refractivity contribution < 1.29 is 14.4 Å². The smallest absolute Gasteiger partial charge is 0.254 e. The first-order valence-electron chi connectivity index (χ1n) is 12.0. The zero-order chi connectivity index (χ0) is 23.4. The average molecular weight is 495 g/mol. The fraction of sp³-hybridized carbons (Fsp3) is 0.625. The highest BCUT2D eigenvalue weighted by Gasteiger charge is 2.38. The normalized spacial score (nSPS) is 22.4. The van der Waals surface area contributed by atoms with Gasteiger partial charge in [-0.25, -0.2) is 0 Å². The van der Waals surface area contributed by atoms with E-state index in [2.05, 4.69) is 4.90 Å². The summed E-state index contributed by atoms with van der Waals surface area (Å²) in [4.78, 5) is 46.7. The lowest BCUT2D eigenvalue weighted by atomic mass is 10.1. The Morgan fingerprint density at radius 3 is 2.15 bits per heavy atom.